The van der Waals surface area contributed by atoms with E-state index in [2.05, 4.69) is 53.2 Å². The number of carbonyl (C=O) groups excluding carboxylic acids is 12. The van der Waals surface area contributed by atoms with Gasteiger partial charge in [0.15, 0.2) is 0 Å². The van der Waals surface area contributed by atoms with E-state index in [0.29, 0.717) is 37.5 Å². The standard InChI is InChI=1S/C58H100N14O15/c1-30(2)23-39(61)50(79)71-47(33(7)8)57(86)66-41(16-12-14-22-60)52(81)70-45(29-74)56(85)65-40(15-11-13-21-59)51(80)63-34(9)49(78)72-48(35(10)75)58(87)69-44(27-46(62)77)55(84)68-43(25-32(5)6)54(83)67-42(24-31(3)4)53(82)64-37(28-73)26-36-17-19-38(76)20-18-36/h17-20,28,30-35,37,39-45,47-48,74-76H,11-16,21-27,29,59-61H2,1-10H3,(H2,62,77)(H,63,80)(H,64,82)(H,65,85)(H,66,86)(H,67,83)(H,68,84)(H,69,87)(H,70,81)(H,71,79)(H,72,78)/t34-,35+,37-,39-,40-,41-,42-,43-,44-,45-,47-,48-/m0/s1. The summed E-state index contributed by atoms with van der Waals surface area (Å²) in [6.07, 6.45) is 0.0206. The summed E-state index contributed by atoms with van der Waals surface area (Å²) in [5.74, 6) is -10.8. The van der Waals surface area contributed by atoms with E-state index < -0.39 is 156 Å². The Morgan fingerprint density at radius 1 is 0.483 bits per heavy atom. The van der Waals surface area contributed by atoms with E-state index in [1.807, 2.05) is 13.8 Å². The highest BCUT2D eigenvalue weighted by molar-refractivity contribution is 5.99. The number of aromatic hydroxyl groups is 1. The van der Waals surface area contributed by atoms with E-state index in [1.54, 1.807) is 53.7 Å². The number of hydrogen-bond donors (Lipinski definition) is 17. The Morgan fingerprint density at radius 3 is 1.33 bits per heavy atom. The normalized spacial score (nSPS) is 15.5. The highest BCUT2D eigenvalue weighted by Crippen LogP contribution is 2.15. The van der Waals surface area contributed by atoms with Crippen molar-refractivity contribution in [1.29, 1.82) is 0 Å². The first-order chi connectivity index (χ1) is 40.8. The largest absolute Gasteiger partial charge is 0.508 e. The number of phenolic OH excluding ortho intramolecular Hbond substituents is 1. The van der Waals surface area contributed by atoms with Gasteiger partial charge in [-0.1, -0.05) is 67.5 Å². The van der Waals surface area contributed by atoms with Gasteiger partial charge in [-0.05, 0) is 133 Å². The Hall–Kier alpha value is -7.34. The number of rotatable bonds is 42. The molecule has 0 fully saturated rings. The summed E-state index contributed by atoms with van der Waals surface area (Å²) in [5.41, 5.74) is 23.6. The molecular weight excluding hydrogens is 1130 g/mol. The van der Waals surface area contributed by atoms with Crippen molar-refractivity contribution in [2.45, 2.75) is 212 Å². The van der Waals surface area contributed by atoms with Gasteiger partial charge in [0, 0.05) is 0 Å². The number of nitrogens with two attached hydrogens (primary N) is 4. The van der Waals surface area contributed by atoms with Crippen LogP contribution in [0.4, 0.5) is 0 Å². The predicted molar refractivity (Wildman–Crippen MR) is 322 cm³/mol. The quantitative estimate of drug-likeness (QED) is 0.0224. The van der Waals surface area contributed by atoms with Crippen LogP contribution in [0, 0.1) is 23.7 Å². The van der Waals surface area contributed by atoms with Crippen molar-refractivity contribution in [2.24, 2.45) is 46.6 Å². The van der Waals surface area contributed by atoms with Crippen LogP contribution < -0.4 is 76.1 Å². The number of nitrogens with one attached hydrogen (secondary N) is 10. The fraction of sp³-hybridized carbons (Fsp3) is 0.690. The van der Waals surface area contributed by atoms with Gasteiger partial charge < -0.3 is 96.2 Å². The SMILES string of the molecule is CC(C)C[C@H](NC(=O)[C@H](CC(C)C)NC(=O)[C@H](CC(N)=O)NC(=O)[C@@H](NC(=O)[C@H](C)NC(=O)[C@H](CCCCN)NC(=O)[C@H](CO)NC(=O)[C@H](CCCCN)NC(=O)[C@@H](NC(=O)[C@@H](N)CC(C)C)C(C)C)[C@@H](C)O)C(=O)N[C@H](C=O)Cc1ccc(O)cc1. The lowest BCUT2D eigenvalue weighted by Gasteiger charge is -2.28. The van der Waals surface area contributed by atoms with Crippen molar-refractivity contribution < 1.29 is 72.9 Å². The van der Waals surface area contributed by atoms with Crippen molar-refractivity contribution in [3.05, 3.63) is 29.8 Å². The zero-order chi connectivity index (χ0) is 66.2. The third-order valence-corrected chi connectivity index (χ3v) is 13.7. The molecule has 0 aliphatic carbocycles. The van der Waals surface area contributed by atoms with Gasteiger partial charge in [-0.15, -0.1) is 0 Å². The average Bonchev–Trinajstić information content (AvgIpc) is 3.43. The van der Waals surface area contributed by atoms with Crippen molar-refractivity contribution in [3.8, 4) is 5.75 Å². The second kappa shape index (κ2) is 40.2. The molecule has 12 atom stereocenters. The van der Waals surface area contributed by atoms with Gasteiger partial charge in [-0.25, -0.2) is 0 Å². The minimum atomic E-state index is -1.85. The van der Waals surface area contributed by atoms with E-state index in [9.17, 15) is 72.9 Å². The van der Waals surface area contributed by atoms with Crippen molar-refractivity contribution >= 4 is 71.3 Å². The molecule has 0 aliphatic heterocycles. The molecule has 0 aliphatic rings. The van der Waals surface area contributed by atoms with Gasteiger partial charge in [-0.3, -0.25) is 52.7 Å². The summed E-state index contributed by atoms with van der Waals surface area (Å²) in [6.45, 7) is 16.1. The number of aliphatic hydroxyl groups is 2. The number of amides is 11. The average molecular weight is 1230 g/mol. The molecule has 1 aromatic rings. The van der Waals surface area contributed by atoms with Crippen LogP contribution in [0.3, 0.4) is 0 Å². The van der Waals surface area contributed by atoms with Gasteiger partial charge in [0.2, 0.25) is 65.0 Å². The number of benzene rings is 1. The second-order valence-corrected chi connectivity index (χ2v) is 23.6. The van der Waals surface area contributed by atoms with Crippen LogP contribution in [0.25, 0.3) is 0 Å². The Labute approximate surface area is 510 Å². The summed E-state index contributed by atoms with van der Waals surface area (Å²) in [5, 5.41) is 55.8. The van der Waals surface area contributed by atoms with E-state index in [-0.39, 0.29) is 75.1 Å². The van der Waals surface area contributed by atoms with Crippen molar-refractivity contribution in [1.82, 2.24) is 53.2 Å². The van der Waals surface area contributed by atoms with Crippen LogP contribution in [0.5, 0.6) is 5.75 Å². The minimum Gasteiger partial charge on any atom is -0.508 e. The molecule has 11 amide bonds. The first-order valence-corrected chi connectivity index (χ1v) is 29.8. The minimum absolute atomic E-state index is 0.00685. The molecule has 0 radical (unpaired) electrons. The number of phenols is 1. The molecule has 29 nitrogen and oxygen atoms in total. The summed E-state index contributed by atoms with van der Waals surface area (Å²) >= 11 is 0. The summed E-state index contributed by atoms with van der Waals surface area (Å²) in [6, 6.07) is -9.06. The predicted octanol–water partition coefficient (Wildman–Crippen LogP) is -3.37. The van der Waals surface area contributed by atoms with Gasteiger partial charge in [0.05, 0.1) is 31.2 Å². The molecule has 0 unspecified atom stereocenters. The van der Waals surface area contributed by atoms with E-state index in [1.165, 1.54) is 19.1 Å². The number of aliphatic hydroxyl groups excluding tert-OH is 2. The third kappa shape index (κ3) is 29.7. The van der Waals surface area contributed by atoms with Gasteiger partial charge in [0.1, 0.15) is 66.4 Å². The fourth-order valence-corrected chi connectivity index (χ4v) is 8.92. The molecule has 0 heterocycles. The Balaban J connectivity index is 3.31. The molecule has 21 N–H and O–H groups in total. The van der Waals surface area contributed by atoms with E-state index in [0.717, 1.165) is 6.92 Å². The lowest BCUT2D eigenvalue weighted by molar-refractivity contribution is -0.137. The van der Waals surface area contributed by atoms with Crippen LogP contribution in [0.2, 0.25) is 0 Å². The van der Waals surface area contributed by atoms with E-state index >= 15 is 0 Å². The molecule has 29 heteroatoms. The zero-order valence-electron chi connectivity index (χ0n) is 52.1. The smallest absolute Gasteiger partial charge is 0.245 e. The van der Waals surface area contributed by atoms with Crippen LogP contribution >= 0.6 is 0 Å². The molecule has 1 rings (SSSR count). The highest BCUT2D eigenvalue weighted by Gasteiger charge is 2.37. The Morgan fingerprint density at radius 2 is 0.885 bits per heavy atom. The summed E-state index contributed by atoms with van der Waals surface area (Å²) < 4.78 is 0. The summed E-state index contributed by atoms with van der Waals surface area (Å²) in [4.78, 5) is 161. The first kappa shape index (κ1) is 77.7. The molecular formula is C58H100N14O15. The van der Waals surface area contributed by atoms with Crippen LogP contribution in [-0.4, -0.2) is 179 Å². The van der Waals surface area contributed by atoms with Gasteiger partial charge in [0.25, 0.3) is 0 Å². The van der Waals surface area contributed by atoms with E-state index in [4.69, 9.17) is 22.9 Å². The second-order valence-electron chi connectivity index (χ2n) is 23.6. The van der Waals surface area contributed by atoms with Crippen LogP contribution in [-0.2, 0) is 64.0 Å². The maximum atomic E-state index is 14.0. The maximum Gasteiger partial charge on any atom is 0.245 e. The molecule has 1 aromatic carbocycles. The number of primary amides is 1. The van der Waals surface area contributed by atoms with Crippen LogP contribution in [0.15, 0.2) is 24.3 Å². The maximum absolute atomic E-state index is 14.0. The Bertz CT molecular complexity index is 2410. The van der Waals surface area contributed by atoms with Crippen molar-refractivity contribution in [2.75, 3.05) is 19.7 Å². The fourth-order valence-electron chi connectivity index (χ4n) is 8.92. The zero-order valence-corrected chi connectivity index (χ0v) is 52.1. The third-order valence-electron chi connectivity index (χ3n) is 13.7. The van der Waals surface area contributed by atoms with Crippen molar-refractivity contribution in [3.63, 3.8) is 0 Å². The van der Waals surface area contributed by atoms with Gasteiger partial charge in [-0.2, -0.15) is 0 Å². The molecule has 0 aromatic heterocycles. The lowest BCUT2D eigenvalue weighted by atomic mass is 9.99. The molecule has 0 saturated carbocycles. The van der Waals surface area contributed by atoms with Crippen LogP contribution in [0.1, 0.15) is 139 Å². The molecule has 87 heavy (non-hydrogen) atoms. The topological polar surface area (TPSA) is 490 Å². The number of aldehydes is 1. The summed E-state index contributed by atoms with van der Waals surface area (Å²) in [7, 11) is 0. The number of hydrogen-bond acceptors (Lipinski definition) is 18. The Kier molecular flexibility index (Phi) is 35.9. The molecule has 0 bridgehead atoms. The molecule has 492 valence electrons. The number of unbranched alkanes of at least 4 members (excludes halogenated alkanes) is 2. The monoisotopic (exact) mass is 1230 g/mol. The highest BCUT2D eigenvalue weighted by atomic mass is 16.3. The molecule has 0 saturated heterocycles. The number of carbonyl (C=O) groups is 12. The van der Waals surface area contributed by atoms with Gasteiger partial charge >= 0.3 is 0 Å². The first-order valence-electron chi connectivity index (χ1n) is 29.8. The lowest BCUT2D eigenvalue weighted by Crippen LogP contribution is -2.62. The molecule has 0 spiro atoms.